The Morgan fingerprint density at radius 1 is 0.964 bits per heavy atom. The average Bonchev–Trinajstić information content (AvgIpc) is 3.33. The highest BCUT2D eigenvalue weighted by atomic mass is 16.5. The standard InChI is InChI=1S/C22H22N2O4/c1-15(21(26)24-14-12-16-7-2-4-9-18(16)24)28-22(27)17-8-3-5-10-19(17)23-13-6-11-20(23)25/h2-5,7-10,15H,6,11-14H2,1H3/t15-/m0/s1. The second-order valence-corrected chi connectivity index (χ2v) is 7.08. The molecule has 1 saturated heterocycles. The number of rotatable bonds is 4. The zero-order valence-electron chi connectivity index (χ0n) is 15.8. The van der Waals surface area contributed by atoms with Crippen LogP contribution in [0.25, 0.3) is 0 Å². The summed E-state index contributed by atoms with van der Waals surface area (Å²) in [7, 11) is 0. The summed E-state index contributed by atoms with van der Waals surface area (Å²) in [6.45, 7) is 2.76. The van der Waals surface area contributed by atoms with Gasteiger partial charge in [0, 0.05) is 25.2 Å². The summed E-state index contributed by atoms with van der Waals surface area (Å²) in [5, 5.41) is 0. The van der Waals surface area contributed by atoms with E-state index in [1.54, 1.807) is 41.0 Å². The first-order valence-electron chi connectivity index (χ1n) is 9.56. The van der Waals surface area contributed by atoms with Crippen LogP contribution in [0.3, 0.4) is 0 Å². The van der Waals surface area contributed by atoms with Gasteiger partial charge in [-0.25, -0.2) is 4.79 Å². The number of amides is 2. The SMILES string of the molecule is C[C@H](OC(=O)c1ccccc1N1CCCC1=O)C(=O)N1CCc2ccccc21. The van der Waals surface area contributed by atoms with E-state index in [2.05, 4.69) is 0 Å². The normalized spacial score (nSPS) is 16.8. The van der Waals surface area contributed by atoms with Crippen molar-refractivity contribution in [3.8, 4) is 0 Å². The molecular weight excluding hydrogens is 356 g/mol. The minimum absolute atomic E-state index is 0.00181. The molecule has 2 amide bonds. The zero-order chi connectivity index (χ0) is 19.7. The fourth-order valence-corrected chi connectivity index (χ4v) is 3.85. The van der Waals surface area contributed by atoms with Crippen molar-refractivity contribution in [1.29, 1.82) is 0 Å². The monoisotopic (exact) mass is 378 g/mol. The molecule has 0 bridgehead atoms. The summed E-state index contributed by atoms with van der Waals surface area (Å²) in [6, 6.07) is 14.6. The number of para-hydroxylation sites is 2. The van der Waals surface area contributed by atoms with Crippen molar-refractivity contribution < 1.29 is 19.1 Å². The maximum absolute atomic E-state index is 12.9. The van der Waals surface area contributed by atoms with E-state index in [-0.39, 0.29) is 11.8 Å². The van der Waals surface area contributed by atoms with Crippen LogP contribution in [0.5, 0.6) is 0 Å². The molecule has 2 aliphatic rings. The summed E-state index contributed by atoms with van der Waals surface area (Å²) in [4.78, 5) is 41.0. The second-order valence-electron chi connectivity index (χ2n) is 7.08. The molecule has 1 atom stereocenters. The first-order chi connectivity index (χ1) is 13.6. The summed E-state index contributed by atoms with van der Waals surface area (Å²) in [5.74, 6) is -0.838. The Kier molecular flexibility index (Phi) is 4.86. The number of esters is 1. The molecule has 6 nitrogen and oxygen atoms in total. The van der Waals surface area contributed by atoms with Gasteiger partial charge in [-0.2, -0.15) is 0 Å². The van der Waals surface area contributed by atoms with Crippen LogP contribution in [0.1, 0.15) is 35.7 Å². The van der Waals surface area contributed by atoms with Gasteiger partial charge in [0.05, 0.1) is 11.3 Å². The van der Waals surface area contributed by atoms with Crippen molar-refractivity contribution in [2.24, 2.45) is 0 Å². The van der Waals surface area contributed by atoms with Crippen LogP contribution >= 0.6 is 0 Å². The number of hydrogen-bond acceptors (Lipinski definition) is 4. The molecule has 2 aliphatic heterocycles. The maximum Gasteiger partial charge on any atom is 0.341 e. The smallest absolute Gasteiger partial charge is 0.341 e. The van der Waals surface area contributed by atoms with E-state index in [0.717, 1.165) is 24.1 Å². The van der Waals surface area contributed by atoms with Crippen LogP contribution in [0, 0.1) is 0 Å². The first-order valence-corrected chi connectivity index (χ1v) is 9.56. The lowest BCUT2D eigenvalue weighted by Crippen LogP contribution is -2.39. The van der Waals surface area contributed by atoms with E-state index in [1.807, 2.05) is 24.3 Å². The Bertz CT molecular complexity index is 940. The number of carbonyl (C=O) groups excluding carboxylic acids is 3. The number of nitrogens with zero attached hydrogens (tertiary/aromatic N) is 2. The Morgan fingerprint density at radius 2 is 1.68 bits per heavy atom. The molecule has 0 spiro atoms. The predicted molar refractivity (Wildman–Crippen MR) is 105 cm³/mol. The van der Waals surface area contributed by atoms with E-state index in [1.165, 1.54) is 0 Å². The fraction of sp³-hybridized carbons (Fsp3) is 0.318. The number of hydrogen-bond donors (Lipinski definition) is 0. The largest absolute Gasteiger partial charge is 0.449 e. The van der Waals surface area contributed by atoms with Crippen LogP contribution in [0.2, 0.25) is 0 Å². The molecule has 2 aromatic carbocycles. The Morgan fingerprint density at radius 3 is 2.43 bits per heavy atom. The topological polar surface area (TPSA) is 66.9 Å². The minimum atomic E-state index is -0.916. The highest BCUT2D eigenvalue weighted by molar-refractivity contribution is 6.05. The van der Waals surface area contributed by atoms with Crippen LogP contribution in [-0.2, 0) is 20.7 Å². The van der Waals surface area contributed by atoms with Gasteiger partial charge in [-0.1, -0.05) is 30.3 Å². The van der Waals surface area contributed by atoms with E-state index >= 15 is 0 Å². The van der Waals surface area contributed by atoms with Crippen molar-refractivity contribution in [2.45, 2.75) is 32.3 Å². The Balaban J connectivity index is 1.50. The molecule has 0 saturated carbocycles. The third-order valence-electron chi connectivity index (χ3n) is 5.27. The average molecular weight is 378 g/mol. The van der Waals surface area contributed by atoms with Crippen molar-refractivity contribution in [1.82, 2.24) is 0 Å². The molecule has 0 aliphatic carbocycles. The molecule has 0 unspecified atom stereocenters. The number of carbonyl (C=O) groups is 3. The van der Waals surface area contributed by atoms with Crippen molar-refractivity contribution >= 4 is 29.2 Å². The zero-order valence-corrected chi connectivity index (χ0v) is 15.8. The molecule has 144 valence electrons. The van der Waals surface area contributed by atoms with Gasteiger partial charge in [0.15, 0.2) is 6.10 Å². The summed E-state index contributed by atoms with van der Waals surface area (Å²) >= 11 is 0. The molecule has 0 radical (unpaired) electrons. The van der Waals surface area contributed by atoms with Crippen LogP contribution < -0.4 is 9.80 Å². The molecule has 2 aromatic rings. The third kappa shape index (κ3) is 3.26. The fourth-order valence-electron chi connectivity index (χ4n) is 3.85. The van der Waals surface area contributed by atoms with E-state index in [9.17, 15) is 14.4 Å². The minimum Gasteiger partial charge on any atom is -0.449 e. The van der Waals surface area contributed by atoms with Gasteiger partial charge in [0.1, 0.15) is 0 Å². The first kappa shape index (κ1) is 18.2. The Labute approximate surface area is 163 Å². The highest BCUT2D eigenvalue weighted by Gasteiger charge is 2.31. The number of fused-ring (bicyclic) bond motifs is 1. The lowest BCUT2D eigenvalue weighted by Gasteiger charge is -2.23. The number of ether oxygens (including phenoxy) is 1. The van der Waals surface area contributed by atoms with Gasteiger partial charge >= 0.3 is 5.97 Å². The Hall–Kier alpha value is -3.15. The van der Waals surface area contributed by atoms with Gasteiger partial charge in [0.25, 0.3) is 5.91 Å². The molecular formula is C22H22N2O4. The predicted octanol–water partition coefficient (Wildman–Crippen LogP) is 2.95. The quantitative estimate of drug-likeness (QED) is 0.767. The maximum atomic E-state index is 12.9. The lowest BCUT2D eigenvalue weighted by molar-refractivity contribution is -0.126. The van der Waals surface area contributed by atoms with Crippen LogP contribution in [-0.4, -0.2) is 37.0 Å². The van der Waals surface area contributed by atoms with E-state index < -0.39 is 12.1 Å². The van der Waals surface area contributed by atoms with E-state index in [0.29, 0.717) is 30.8 Å². The van der Waals surface area contributed by atoms with Crippen LogP contribution in [0.15, 0.2) is 48.5 Å². The van der Waals surface area contributed by atoms with Gasteiger partial charge in [0.2, 0.25) is 5.91 Å². The second kappa shape index (κ2) is 7.46. The summed E-state index contributed by atoms with van der Waals surface area (Å²) in [5.41, 5.74) is 2.84. The van der Waals surface area contributed by atoms with Gasteiger partial charge < -0.3 is 14.5 Å². The highest BCUT2D eigenvalue weighted by Crippen LogP contribution is 2.29. The van der Waals surface area contributed by atoms with Gasteiger partial charge in [-0.05, 0) is 43.5 Å². The molecule has 4 rings (SSSR count). The molecule has 28 heavy (non-hydrogen) atoms. The summed E-state index contributed by atoms with van der Waals surface area (Å²) in [6.07, 6.45) is 1.13. The lowest BCUT2D eigenvalue weighted by atomic mass is 10.1. The molecule has 0 N–H and O–H groups in total. The number of anilines is 2. The number of benzene rings is 2. The third-order valence-corrected chi connectivity index (χ3v) is 5.27. The van der Waals surface area contributed by atoms with Crippen molar-refractivity contribution in [3.63, 3.8) is 0 Å². The summed E-state index contributed by atoms with van der Waals surface area (Å²) < 4.78 is 5.49. The molecule has 0 aromatic heterocycles. The van der Waals surface area contributed by atoms with E-state index in [4.69, 9.17) is 4.74 Å². The molecule has 6 heteroatoms. The van der Waals surface area contributed by atoms with Gasteiger partial charge in [-0.3, -0.25) is 9.59 Å². The molecule has 2 heterocycles. The van der Waals surface area contributed by atoms with Crippen LogP contribution in [0.4, 0.5) is 11.4 Å². The molecule has 1 fully saturated rings. The van der Waals surface area contributed by atoms with Crippen molar-refractivity contribution in [3.05, 3.63) is 59.7 Å². The van der Waals surface area contributed by atoms with Gasteiger partial charge in [-0.15, -0.1) is 0 Å². The van der Waals surface area contributed by atoms with Crippen molar-refractivity contribution in [2.75, 3.05) is 22.9 Å².